The summed E-state index contributed by atoms with van der Waals surface area (Å²) in [4.78, 5) is 20.5. The summed E-state index contributed by atoms with van der Waals surface area (Å²) in [6.45, 7) is 4.84. The Morgan fingerprint density at radius 2 is 1.78 bits per heavy atom. The molecule has 174 valence electrons. The van der Waals surface area contributed by atoms with Crippen molar-refractivity contribution < 1.29 is 31.5 Å². The number of ether oxygens (including phenoxy) is 1. The van der Waals surface area contributed by atoms with Crippen LogP contribution in [0.25, 0.3) is 11.3 Å². The van der Waals surface area contributed by atoms with Crippen LogP contribution in [0.15, 0.2) is 24.5 Å². The summed E-state index contributed by atoms with van der Waals surface area (Å²) in [6, 6.07) is 2.65. The van der Waals surface area contributed by atoms with Crippen molar-refractivity contribution in [3.63, 3.8) is 0 Å². The van der Waals surface area contributed by atoms with Gasteiger partial charge in [0, 0.05) is 11.5 Å². The van der Waals surface area contributed by atoms with Crippen LogP contribution in [-0.2, 0) is 4.74 Å². The Morgan fingerprint density at radius 1 is 1.09 bits per heavy atom. The van der Waals surface area contributed by atoms with E-state index in [1.165, 1.54) is 0 Å². The Kier molecular flexibility index (Phi) is 6.71. The molecule has 1 heterocycles. The van der Waals surface area contributed by atoms with E-state index in [9.17, 15) is 26.7 Å². The van der Waals surface area contributed by atoms with E-state index in [0.717, 1.165) is 24.5 Å². The van der Waals surface area contributed by atoms with E-state index in [1.807, 2.05) is 0 Å². The minimum Gasteiger partial charge on any atom is -0.444 e. The molecule has 2 aromatic rings. The van der Waals surface area contributed by atoms with Crippen molar-refractivity contribution in [1.29, 1.82) is 0 Å². The van der Waals surface area contributed by atoms with E-state index in [0.29, 0.717) is 12.8 Å². The summed E-state index contributed by atoms with van der Waals surface area (Å²) in [5, 5.41) is 2.41. The standard InChI is InChI=1S/C22H24F5N3O2/c1-21(2,3)32-20(31)30-19-17(13-6-4-5-7-15(13)22(25,26)27)28-11-29-18(19)14-10-12(23)8-9-16(14)24/h8-11,13,15H,4-7H2,1-3H3,(H,30,31). The van der Waals surface area contributed by atoms with Gasteiger partial charge >= 0.3 is 12.3 Å². The fraction of sp³-hybridized carbons (Fsp3) is 0.500. The number of nitrogens with zero attached hydrogens (tertiary/aromatic N) is 2. The number of aromatic nitrogens is 2. The minimum absolute atomic E-state index is 0.0773. The molecule has 2 unspecified atom stereocenters. The molecule has 3 rings (SSSR count). The van der Waals surface area contributed by atoms with E-state index < -0.39 is 41.3 Å². The highest BCUT2D eigenvalue weighted by molar-refractivity contribution is 5.91. The number of benzene rings is 1. The van der Waals surface area contributed by atoms with Crippen molar-refractivity contribution in [1.82, 2.24) is 9.97 Å². The predicted molar refractivity (Wildman–Crippen MR) is 108 cm³/mol. The van der Waals surface area contributed by atoms with Gasteiger partial charge in [-0.2, -0.15) is 13.2 Å². The van der Waals surface area contributed by atoms with Crippen molar-refractivity contribution in [3.05, 3.63) is 41.9 Å². The van der Waals surface area contributed by atoms with Crippen LogP contribution in [0.5, 0.6) is 0 Å². The largest absolute Gasteiger partial charge is 0.444 e. The molecule has 1 N–H and O–H groups in total. The third-order valence-electron chi connectivity index (χ3n) is 5.22. The first kappa shape index (κ1) is 23.9. The molecule has 5 nitrogen and oxygen atoms in total. The van der Waals surface area contributed by atoms with Gasteiger partial charge in [-0.05, 0) is 51.8 Å². The van der Waals surface area contributed by atoms with Gasteiger partial charge in [-0.3, -0.25) is 5.32 Å². The Balaban J connectivity index is 2.16. The lowest BCUT2D eigenvalue weighted by atomic mass is 9.76. The van der Waals surface area contributed by atoms with E-state index in [4.69, 9.17) is 4.74 Å². The Hall–Kier alpha value is -2.78. The molecule has 1 aliphatic carbocycles. The third-order valence-corrected chi connectivity index (χ3v) is 5.22. The van der Waals surface area contributed by atoms with Crippen LogP contribution in [-0.4, -0.2) is 27.8 Å². The van der Waals surface area contributed by atoms with Crippen molar-refractivity contribution in [2.45, 2.75) is 64.1 Å². The lowest BCUT2D eigenvalue weighted by molar-refractivity contribution is -0.187. The highest BCUT2D eigenvalue weighted by Gasteiger charge is 2.47. The van der Waals surface area contributed by atoms with E-state index in [2.05, 4.69) is 15.3 Å². The molecule has 1 saturated carbocycles. The fourth-order valence-corrected chi connectivity index (χ4v) is 3.94. The van der Waals surface area contributed by atoms with Gasteiger partial charge in [0.2, 0.25) is 0 Å². The highest BCUT2D eigenvalue weighted by Crippen LogP contribution is 2.48. The van der Waals surface area contributed by atoms with Crippen LogP contribution in [0, 0.1) is 17.6 Å². The quantitative estimate of drug-likeness (QED) is 0.527. The highest BCUT2D eigenvalue weighted by atomic mass is 19.4. The maximum Gasteiger partial charge on any atom is 0.412 e. The van der Waals surface area contributed by atoms with Crippen LogP contribution in [0.1, 0.15) is 58.1 Å². The molecule has 1 aromatic carbocycles. The molecule has 1 aromatic heterocycles. The van der Waals surface area contributed by atoms with Gasteiger partial charge in [0.25, 0.3) is 0 Å². The first-order valence-electron chi connectivity index (χ1n) is 10.2. The van der Waals surface area contributed by atoms with Gasteiger partial charge in [0.1, 0.15) is 29.3 Å². The Labute approximate surface area is 182 Å². The number of alkyl halides is 3. The van der Waals surface area contributed by atoms with Crippen LogP contribution in [0.4, 0.5) is 32.4 Å². The van der Waals surface area contributed by atoms with Crippen molar-refractivity contribution in [2.75, 3.05) is 5.32 Å². The van der Waals surface area contributed by atoms with E-state index in [-0.39, 0.29) is 35.5 Å². The molecular weight excluding hydrogens is 433 g/mol. The van der Waals surface area contributed by atoms with Crippen molar-refractivity contribution >= 4 is 11.8 Å². The smallest absolute Gasteiger partial charge is 0.412 e. The molecule has 10 heteroatoms. The zero-order valence-electron chi connectivity index (χ0n) is 17.9. The third kappa shape index (κ3) is 5.52. The van der Waals surface area contributed by atoms with Gasteiger partial charge in [-0.25, -0.2) is 23.5 Å². The Morgan fingerprint density at radius 3 is 2.44 bits per heavy atom. The van der Waals surface area contributed by atoms with Gasteiger partial charge in [0.15, 0.2) is 0 Å². The topological polar surface area (TPSA) is 64.1 Å². The summed E-state index contributed by atoms with van der Waals surface area (Å²) in [7, 11) is 0. The number of hydrogen-bond acceptors (Lipinski definition) is 4. The minimum atomic E-state index is -4.48. The summed E-state index contributed by atoms with van der Waals surface area (Å²) < 4.78 is 74.9. The average Bonchev–Trinajstić information content (AvgIpc) is 2.68. The number of nitrogens with one attached hydrogen (secondary N) is 1. The molecule has 0 aliphatic heterocycles. The number of anilines is 1. The van der Waals surface area contributed by atoms with Crippen LogP contribution in [0.3, 0.4) is 0 Å². The van der Waals surface area contributed by atoms with Crippen LogP contribution in [0.2, 0.25) is 0 Å². The summed E-state index contributed by atoms with van der Waals surface area (Å²) in [6.07, 6.45) is -3.42. The van der Waals surface area contributed by atoms with Crippen molar-refractivity contribution in [2.24, 2.45) is 5.92 Å². The molecule has 0 radical (unpaired) electrons. The first-order valence-corrected chi connectivity index (χ1v) is 10.2. The molecule has 0 saturated heterocycles. The maximum absolute atomic E-state index is 14.5. The summed E-state index contributed by atoms with van der Waals surface area (Å²) in [5.41, 5.74) is -1.72. The number of carbonyl (C=O) groups excluding carboxylic acids is 1. The van der Waals surface area contributed by atoms with Crippen molar-refractivity contribution in [3.8, 4) is 11.3 Å². The second-order valence-corrected chi connectivity index (χ2v) is 8.77. The van der Waals surface area contributed by atoms with Gasteiger partial charge < -0.3 is 4.74 Å². The average molecular weight is 457 g/mol. The predicted octanol–water partition coefficient (Wildman–Crippen LogP) is 6.60. The van der Waals surface area contributed by atoms with Gasteiger partial charge in [0.05, 0.1) is 17.3 Å². The zero-order chi connectivity index (χ0) is 23.7. The molecule has 0 bridgehead atoms. The second kappa shape index (κ2) is 8.99. The lowest BCUT2D eigenvalue weighted by Gasteiger charge is -2.33. The molecule has 1 amide bonds. The molecule has 32 heavy (non-hydrogen) atoms. The SMILES string of the molecule is CC(C)(C)OC(=O)Nc1c(-c2cc(F)ccc2F)ncnc1C1CCCCC1C(F)(F)F. The normalized spacial score (nSPS) is 19.5. The number of hydrogen-bond donors (Lipinski definition) is 1. The van der Waals surface area contributed by atoms with Gasteiger partial charge in [-0.15, -0.1) is 0 Å². The number of carbonyl (C=O) groups is 1. The van der Waals surface area contributed by atoms with E-state index >= 15 is 0 Å². The lowest BCUT2D eigenvalue weighted by Crippen LogP contribution is -2.33. The molecule has 2 atom stereocenters. The summed E-state index contributed by atoms with van der Waals surface area (Å²) in [5.74, 6) is -4.38. The second-order valence-electron chi connectivity index (χ2n) is 8.77. The van der Waals surface area contributed by atoms with E-state index in [1.54, 1.807) is 20.8 Å². The monoisotopic (exact) mass is 457 g/mol. The Bertz CT molecular complexity index is 989. The molecule has 1 fully saturated rings. The first-order chi connectivity index (χ1) is 14.9. The summed E-state index contributed by atoms with van der Waals surface area (Å²) >= 11 is 0. The maximum atomic E-state index is 14.5. The number of halogens is 5. The zero-order valence-corrected chi connectivity index (χ0v) is 17.9. The number of rotatable bonds is 3. The van der Waals surface area contributed by atoms with Crippen LogP contribution >= 0.6 is 0 Å². The molecular formula is C22H24F5N3O2. The molecule has 1 aliphatic rings. The molecule has 0 spiro atoms. The fourth-order valence-electron chi connectivity index (χ4n) is 3.94. The number of amides is 1. The van der Waals surface area contributed by atoms with Crippen LogP contribution < -0.4 is 5.32 Å². The van der Waals surface area contributed by atoms with Gasteiger partial charge in [-0.1, -0.05) is 12.8 Å².